The van der Waals surface area contributed by atoms with E-state index in [9.17, 15) is 13.2 Å². The number of ether oxygens (including phenoxy) is 1. The minimum Gasteiger partial charge on any atom is -0.466 e. The Morgan fingerprint density at radius 2 is 1.84 bits per heavy atom. The molecule has 0 saturated carbocycles. The average molecular weight is 454 g/mol. The van der Waals surface area contributed by atoms with Gasteiger partial charge in [0.15, 0.2) is 0 Å². The second kappa shape index (κ2) is 9.67. The summed E-state index contributed by atoms with van der Waals surface area (Å²) in [5, 5.41) is 4.40. The van der Waals surface area contributed by atoms with E-state index >= 15 is 0 Å². The number of carbonyl (C=O) groups excluding carboxylic acids is 1. The first kappa shape index (κ1) is 22.2. The first-order chi connectivity index (χ1) is 15.5. The molecule has 1 heterocycles. The number of fused-ring (bicyclic) bond motifs is 1. The van der Waals surface area contributed by atoms with Crippen LogP contribution in [-0.4, -0.2) is 30.8 Å². The van der Waals surface area contributed by atoms with Crippen molar-refractivity contribution >= 4 is 16.0 Å². The molecule has 2 aromatic carbocycles. The van der Waals surface area contributed by atoms with Gasteiger partial charge in [0.1, 0.15) is 0 Å². The predicted octanol–water partition coefficient (Wildman–Crippen LogP) is 3.86. The summed E-state index contributed by atoms with van der Waals surface area (Å²) in [7, 11) is -3.69. The van der Waals surface area contributed by atoms with Crippen LogP contribution in [0.15, 0.2) is 65.7 Å². The van der Waals surface area contributed by atoms with Gasteiger partial charge >= 0.3 is 5.97 Å². The minimum absolute atomic E-state index is 0.235. The Bertz CT molecular complexity index is 1170. The van der Waals surface area contributed by atoms with Gasteiger partial charge in [-0.25, -0.2) is 13.1 Å². The van der Waals surface area contributed by atoms with Crippen LogP contribution < -0.4 is 4.72 Å². The molecule has 32 heavy (non-hydrogen) atoms. The van der Waals surface area contributed by atoms with E-state index in [-0.39, 0.29) is 23.3 Å². The lowest BCUT2D eigenvalue weighted by molar-refractivity contribution is -0.143. The maximum absolute atomic E-state index is 13.1. The van der Waals surface area contributed by atoms with E-state index in [4.69, 9.17) is 4.74 Å². The van der Waals surface area contributed by atoms with Gasteiger partial charge in [0.2, 0.25) is 10.0 Å². The van der Waals surface area contributed by atoms with E-state index in [0.717, 1.165) is 35.2 Å². The summed E-state index contributed by atoms with van der Waals surface area (Å²) in [5.74, 6) is -0.260. The van der Waals surface area contributed by atoms with E-state index < -0.39 is 10.0 Å². The number of sulfonamides is 1. The highest BCUT2D eigenvalue weighted by Gasteiger charge is 2.28. The first-order valence-electron chi connectivity index (χ1n) is 10.9. The molecule has 1 aliphatic rings. The van der Waals surface area contributed by atoms with Crippen molar-refractivity contribution in [3.63, 3.8) is 0 Å². The minimum atomic E-state index is -3.69. The maximum atomic E-state index is 13.1. The molecule has 0 aliphatic heterocycles. The van der Waals surface area contributed by atoms with Crippen LogP contribution in [0.1, 0.15) is 43.5 Å². The Kier molecular flexibility index (Phi) is 6.72. The van der Waals surface area contributed by atoms with Crippen LogP contribution in [0, 0.1) is 0 Å². The van der Waals surface area contributed by atoms with E-state index in [2.05, 4.69) is 9.82 Å². The Hall–Kier alpha value is -2.97. The van der Waals surface area contributed by atoms with Crippen molar-refractivity contribution < 1.29 is 17.9 Å². The van der Waals surface area contributed by atoms with Crippen LogP contribution in [-0.2, 0) is 32.5 Å². The molecule has 4 rings (SSSR count). The van der Waals surface area contributed by atoms with Gasteiger partial charge in [0.25, 0.3) is 0 Å². The average Bonchev–Trinajstić information content (AvgIpc) is 3.23. The SMILES string of the molecule is CCOC(=O)CCn1ncc2c1CCCC2NS(=O)(=O)c1ccc(-c2ccccc2)cc1. The monoisotopic (exact) mass is 453 g/mol. The molecule has 0 bridgehead atoms. The lowest BCUT2D eigenvalue weighted by atomic mass is 9.94. The van der Waals surface area contributed by atoms with Crippen molar-refractivity contribution in [1.82, 2.24) is 14.5 Å². The van der Waals surface area contributed by atoms with Crippen molar-refractivity contribution in [3.8, 4) is 11.1 Å². The van der Waals surface area contributed by atoms with Gasteiger partial charge in [-0.3, -0.25) is 9.48 Å². The van der Waals surface area contributed by atoms with Gasteiger partial charge in [-0.1, -0.05) is 42.5 Å². The molecule has 0 radical (unpaired) electrons. The number of nitrogens with zero attached hydrogens (tertiary/aromatic N) is 2. The number of aromatic nitrogens is 2. The van der Waals surface area contributed by atoms with Gasteiger partial charge in [0.05, 0.1) is 36.7 Å². The number of hydrogen-bond acceptors (Lipinski definition) is 5. The normalized spacial score (nSPS) is 15.8. The number of hydrogen-bond donors (Lipinski definition) is 1. The van der Waals surface area contributed by atoms with Crippen LogP contribution in [0.3, 0.4) is 0 Å². The molecule has 3 aromatic rings. The third-order valence-corrected chi connectivity index (χ3v) is 7.15. The van der Waals surface area contributed by atoms with Gasteiger partial charge in [-0.05, 0) is 49.4 Å². The molecule has 0 fully saturated rings. The summed E-state index contributed by atoms with van der Waals surface area (Å²) in [6.07, 6.45) is 4.32. The largest absolute Gasteiger partial charge is 0.466 e. The van der Waals surface area contributed by atoms with E-state index in [0.29, 0.717) is 19.6 Å². The van der Waals surface area contributed by atoms with Crippen molar-refractivity contribution in [2.45, 2.75) is 50.1 Å². The van der Waals surface area contributed by atoms with Crippen molar-refractivity contribution in [2.24, 2.45) is 0 Å². The predicted molar refractivity (Wildman–Crippen MR) is 121 cm³/mol. The number of benzene rings is 2. The zero-order valence-corrected chi connectivity index (χ0v) is 18.8. The van der Waals surface area contributed by atoms with Crippen LogP contribution in [0.5, 0.6) is 0 Å². The second-order valence-electron chi connectivity index (χ2n) is 7.78. The van der Waals surface area contributed by atoms with Crippen LogP contribution >= 0.6 is 0 Å². The van der Waals surface area contributed by atoms with Gasteiger partial charge in [0, 0.05) is 11.3 Å². The molecule has 1 atom stereocenters. The van der Waals surface area contributed by atoms with Crippen LogP contribution in [0.4, 0.5) is 0 Å². The zero-order valence-electron chi connectivity index (χ0n) is 18.0. The summed E-state index contributed by atoms with van der Waals surface area (Å²) < 4.78 is 35.7. The Balaban J connectivity index is 1.48. The number of rotatable bonds is 8. The van der Waals surface area contributed by atoms with E-state index in [1.54, 1.807) is 29.9 Å². The lowest BCUT2D eigenvalue weighted by Gasteiger charge is -2.24. The number of esters is 1. The highest BCUT2D eigenvalue weighted by atomic mass is 32.2. The quantitative estimate of drug-likeness (QED) is 0.523. The van der Waals surface area contributed by atoms with Crippen LogP contribution in [0.25, 0.3) is 11.1 Å². The Morgan fingerprint density at radius 1 is 1.12 bits per heavy atom. The summed E-state index contributed by atoms with van der Waals surface area (Å²) in [5.41, 5.74) is 3.86. The lowest BCUT2D eigenvalue weighted by Crippen LogP contribution is -2.31. The zero-order chi connectivity index (χ0) is 22.6. The maximum Gasteiger partial charge on any atom is 0.307 e. The highest BCUT2D eigenvalue weighted by Crippen LogP contribution is 2.31. The summed E-state index contributed by atoms with van der Waals surface area (Å²) >= 11 is 0. The Labute approximate surface area is 188 Å². The standard InChI is InChI=1S/C24H27N3O4S/c1-2-31-24(28)15-16-27-23-10-6-9-22(21(23)17-25-27)26-32(29,30)20-13-11-19(12-14-20)18-7-4-3-5-8-18/h3-5,7-8,11-14,17,22,26H,2,6,9-10,15-16H2,1H3. The Morgan fingerprint density at radius 3 is 2.56 bits per heavy atom. The second-order valence-corrected chi connectivity index (χ2v) is 9.50. The molecule has 0 amide bonds. The fraction of sp³-hybridized carbons (Fsp3) is 0.333. The fourth-order valence-electron chi connectivity index (χ4n) is 4.08. The number of carbonyl (C=O) groups is 1. The van der Waals surface area contributed by atoms with Gasteiger partial charge < -0.3 is 4.74 Å². The molecule has 1 aromatic heterocycles. The van der Waals surface area contributed by atoms with Crippen molar-refractivity contribution in [2.75, 3.05) is 6.61 Å². The molecular weight excluding hydrogens is 426 g/mol. The molecular formula is C24H27N3O4S. The van der Waals surface area contributed by atoms with Crippen molar-refractivity contribution in [3.05, 3.63) is 72.1 Å². The van der Waals surface area contributed by atoms with Gasteiger partial charge in [-0.2, -0.15) is 5.10 Å². The highest BCUT2D eigenvalue weighted by molar-refractivity contribution is 7.89. The van der Waals surface area contributed by atoms with E-state index in [1.807, 2.05) is 42.5 Å². The molecule has 1 unspecified atom stereocenters. The molecule has 7 nitrogen and oxygen atoms in total. The molecule has 1 N–H and O–H groups in total. The topological polar surface area (TPSA) is 90.3 Å². The molecule has 0 saturated heterocycles. The molecule has 0 spiro atoms. The van der Waals surface area contributed by atoms with Gasteiger partial charge in [-0.15, -0.1) is 0 Å². The van der Waals surface area contributed by atoms with Crippen molar-refractivity contribution in [1.29, 1.82) is 0 Å². The third kappa shape index (κ3) is 4.92. The van der Waals surface area contributed by atoms with E-state index in [1.165, 1.54) is 0 Å². The smallest absolute Gasteiger partial charge is 0.307 e. The fourth-order valence-corrected chi connectivity index (χ4v) is 5.33. The number of aryl methyl sites for hydroxylation is 1. The van der Waals surface area contributed by atoms with Crippen LogP contribution in [0.2, 0.25) is 0 Å². The molecule has 8 heteroatoms. The molecule has 168 valence electrons. The number of nitrogens with one attached hydrogen (secondary N) is 1. The first-order valence-corrected chi connectivity index (χ1v) is 12.3. The molecule has 1 aliphatic carbocycles. The summed E-state index contributed by atoms with van der Waals surface area (Å²) in [6.45, 7) is 2.56. The summed E-state index contributed by atoms with van der Waals surface area (Å²) in [4.78, 5) is 11.9. The third-order valence-electron chi connectivity index (χ3n) is 5.66. The summed E-state index contributed by atoms with van der Waals surface area (Å²) in [6, 6.07) is 16.4.